The number of anilines is 1. The molecule has 5 heteroatoms. The normalized spacial score (nSPS) is 10.5. The number of nitrogen functional groups attached to an aromatic ring is 1. The first-order valence-corrected chi connectivity index (χ1v) is 3.65. The van der Waals surface area contributed by atoms with E-state index in [4.69, 9.17) is 10.5 Å². The van der Waals surface area contributed by atoms with Gasteiger partial charge in [-0.2, -0.15) is 0 Å². The van der Waals surface area contributed by atoms with Gasteiger partial charge < -0.3 is 10.5 Å². The number of pyridine rings is 1. The van der Waals surface area contributed by atoms with E-state index in [2.05, 4.69) is 4.98 Å². The Morgan fingerprint density at radius 2 is 2.15 bits per heavy atom. The second kappa shape index (κ2) is 3.55. The third kappa shape index (κ3) is 1.68. The fourth-order valence-corrected chi connectivity index (χ4v) is 1.12. The number of rotatable bonds is 2. The molecule has 0 amide bonds. The maximum Gasteiger partial charge on any atom is 0.280 e. The summed E-state index contributed by atoms with van der Waals surface area (Å²) in [7, 11) is 1.38. The highest BCUT2D eigenvalue weighted by atomic mass is 19.3. The molecular formula is C8H10F2N2O. The summed E-state index contributed by atoms with van der Waals surface area (Å²) in [5, 5.41) is 0. The standard InChI is InChI=1S/C8H10F2N2O/c1-4-6(8(9)10)12-3-5(11)7(4)13-2/h3,8H,11H2,1-2H3. The Kier molecular flexibility index (Phi) is 2.65. The van der Waals surface area contributed by atoms with Crippen LogP contribution in [0.3, 0.4) is 0 Å². The molecule has 1 aromatic rings. The van der Waals surface area contributed by atoms with Crippen molar-refractivity contribution in [3.05, 3.63) is 17.5 Å². The Hall–Kier alpha value is -1.39. The lowest BCUT2D eigenvalue weighted by Gasteiger charge is -2.10. The molecule has 1 aromatic heterocycles. The first-order valence-electron chi connectivity index (χ1n) is 3.65. The van der Waals surface area contributed by atoms with Crippen molar-refractivity contribution in [2.24, 2.45) is 0 Å². The minimum absolute atomic E-state index is 0.268. The van der Waals surface area contributed by atoms with Gasteiger partial charge in [-0.05, 0) is 6.92 Å². The van der Waals surface area contributed by atoms with E-state index in [1.54, 1.807) is 0 Å². The van der Waals surface area contributed by atoms with Crippen molar-refractivity contribution >= 4 is 5.69 Å². The Labute approximate surface area is 74.5 Å². The van der Waals surface area contributed by atoms with Gasteiger partial charge in [-0.3, -0.25) is 4.98 Å². The molecule has 0 aliphatic carbocycles. The average molecular weight is 188 g/mol. The van der Waals surface area contributed by atoms with Crippen LogP contribution in [0.4, 0.5) is 14.5 Å². The number of hydrogen-bond donors (Lipinski definition) is 1. The molecule has 0 bridgehead atoms. The molecule has 0 saturated heterocycles. The van der Waals surface area contributed by atoms with Crippen LogP contribution in [0.2, 0.25) is 0 Å². The fourth-order valence-electron chi connectivity index (χ4n) is 1.12. The lowest BCUT2D eigenvalue weighted by atomic mass is 10.2. The highest BCUT2D eigenvalue weighted by molar-refractivity contribution is 5.56. The van der Waals surface area contributed by atoms with Crippen LogP contribution in [-0.2, 0) is 0 Å². The van der Waals surface area contributed by atoms with Gasteiger partial charge in [-0.25, -0.2) is 8.78 Å². The van der Waals surface area contributed by atoms with Crippen LogP contribution in [0, 0.1) is 6.92 Å². The van der Waals surface area contributed by atoms with Crippen LogP contribution >= 0.6 is 0 Å². The molecule has 0 radical (unpaired) electrons. The topological polar surface area (TPSA) is 48.1 Å². The molecule has 0 spiro atoms. The molecule has 1 heterocycles. The van der Waals surface area contributed by atoms with Crippen molar-refractivity contribution in [3.8, 4) is 5.75 Å². The largest absolute Gasteiger partial charge is 0.494 e. The maximum atomic E-state index is 12.3. The number of halogens is 2. The molecule has 13 heavy (non-hydrogen) atoms. The van der Waals surface area contributed by atoms with Crippen LogP contribution < -0.4 is 10.5 Å². The third-order valence-electron chi connectivity index (χ3n) is 1.74. The van der Waals surface area contributed by atoms with E-state index in [9.17, 15) is 8.78 Å². The van der Waals surface area contributed by atoms with Gasteiger partial charge in [0.2, 0.25) is 0 Å². The molecule has 72 valence electrons. The summed E-state index contributed by atoms with van der Waals surface area (Å²) in [5.74, 6) is 0.269. The summed E-state index contributed by atoms with van der Waals surface area (Å²) in [4.78, 5) is 3.53. The van der Waals surface area contributed by atoms with Crippen molar-refractivity contribution in [2.45, 2.75) is 13.3 Å². The number of hydrogen-bond acceptors (Lipinski definition) is 3. The third-order valence-corrected chi connectivity index (χ3v) is 1.74. The first-order chi connectivity index (χ1) is 6.07. The van der Waals surface area contributed by atoms with E-state index in [1.807, 2.05) is 0 Å². The van der Waals surface area contributed by atoms with E-state index in [0.717, 1.165) is 0 Å². The lowest BCUT2D eigenvalue weighted by Crippen LogP contribution is -2.01. The Morgan fingerprint density at radius 1 is 1.54 bits per heavy atom. The van der Waals surface area contributed by atoms with Crippen molar-refractivity contribution < 1.29 is 13.5 Å². The molecule has 0 unspecified atom stereocenters. The summed E-state index contributed by atoms with van der Waals surface area (Å²) in [5.41, 5.74) is 5.74. The van der Waals surface area contributed by atoms with Gasteiger partial charge >= 0.3 is 0 Å². The zero-order chi connectivity index (χ0) is 10.0. The van der Waals surface area contributed by atoms with Gasteiger partial charge in [0, 0.05) is 5.56 Å². The second-order valence-corrected chi connectivity index (χ2v) is 2.56. The van der Waals surface area contributed by atoms with E-state index in [1.165, 1.54) is 20.2 Å². The van der Waals surface area contributed by atoms with Crippen molar-refractivity contribution in [3.63, 3.8) is 0 Å². The Balaban J connectivity index is 3.27. The monoisotopic (exact) mass is 188 g/mol. The van der Waals surface area contributed by atoms with Gasteiger partial charge in [0.05, 0.1) is 19.0 Å². The first kappa shape index (κ1) is 9.70. The van der Waals surface area contributed by atoms with E-state index >= 15 is 0 Å². The van der Waals surface area contributed by atoms with Gasteiger partial charge in [0.15, 0.2) is 0 Å². The van der Waals surface area contributed by atoms with Crippen LogP contribution in [0.15, 0.2) is 6.20 Å². The van der Waals surface area contributed by atoms with E-state index in [0.29, 0.717) is 0 Å². The highest BCUT2D eigenvalue weighted by Crippen LogP contribution is 2.31. The quantitative estimate of drug-likeness (QED) is 0.771. The zero-order valence-corrected chi connectivity index (χ0v) is 7.34. The summed E-state index contributed by atoms with van der Waals surface area (Å²) in [6.45, 7) is 1.50. The summed E-state index contributed by atoms with van der Waals surface area (Å²) in [6.07, 6.45) is -1.43. The molecule has 0 aliphatic heterocycles. The van der Waals surface area contributed by atoms with E-state index in [-0.39, 0.29) is 22.7 Å². The average Bonchev–Trinajstić information content (AvgIpc) is 2.04. The number of nitrogens with two attached hydrogens (primary N) is 1. The van der Waals surface area contributed by atoms with Gasteiger partial charge in [-0.15, -0.1) is 0 Å². The summed E-state index contributed by atoms with van der Waals surface area (Å²) >= 11 is 0. The minimum Gasteiger partial charge on any atom is -0.494 e. The molecule has 0 saturated carbocycles. The van der Waals surface area contributed by atoms with Gasteiger partial charge in [0.1, 0.15) is 11.4 Å². The molecule has 0 aliphatic rings. The number of nitrogens with zero attached hydrogens (tertiary/aromatic N) is 1. The molecule has 0 fully saturated rings. The number of alkyl halides is 2. The Bertz CT molecular complexity index is 315. The molecule has 2 N–H and O–H groups in total. The molecule has 1 rings (SSSR count). The summed E-state index contributed by atoms with van der Waals surface area (Å²) in [6, 6.07) is 0. The van der Waals surface area contributed by atoms with Gasteiger partial charge in [0.25, 0.3) is 6.43 Å². The van der Waals surface area contributed by atoms with Crippen LogP contribution in [0.5, 0.6) is 5.75 Å². The number of aromatic nitrogens is 1. The van der Waals surface area contributed by atoms with Crippen LogP contribution in [-0.4, -0.2) is 12.1 Å². The summed E-state index contributed by atoms with van der Waals surface area (Å²) < 4.78 is 29.5. The lowest BCUT2D eigenvalue weighted by molar-refractivity contribution is 0.144. The molecular weight excluding hydrogens is 178 g/mol. The molecule has 0 atom stereocenters. The number of methoxy groups -OCH3 is 1. The van der Waals surface area contributed by atoms with Crippen molar-refractivity contribution in [2.75, 3.05) is 12.8 Å². The highest BCUT2D eigenvalue weighted by Gasteiger charge is 2.17. The fraction of sp³-hybridized carbons (Fsp3) is 0.375. The smallest absolute Gasteiger partial charge is 0.280 e. The SMILES string of the molecule is COc1c(N)cnc(C(F)F)c1C. The predicted octanol–water partition coefficient (Wildman–Crippen LogP) is 1.92. The van der Waals surface area contributed by atoms with Crippen LogP contribution in [0.25, 0.3) is 0 Å². The number of ether oxygens (including phenoxy) is 1. The maximum absolute atomic E-state index is 12.3. The Morgan fingerprint density at radius 3 is 2.62 bits per heavy atom. The zero-order valence-electron chi connectivity index (χ0n) is 7.34. The minimum atomic E-state index is -2.60. The van der Waals surface area contributed by atoms with Crippen molar-refractivity contribution in [1.82, 2.24) is 4.98 Å². The second-order valence-electron chi connectivity index (χ2n) is 2.56. The molecule has 3 nitrogen and oxygen atoms in total. The van der Waals surface area contributed by atoms with Gasteiger partial charge in [-0.1, -0.05) is 0 Å². The van der Waals surface area contributed by atoms with Crippen LogP contribution in [0.1, 0.15) is 17.7 Å². The predicted molar refractivity (Wildman–Crippen MR) is 44.9 cm³/mol. The molecule has 0 aromatic carbocycles. The van der Waals surface area contributed by atoms with E-state index < -0.39 is 6.43 Å². The van der Waals surface area contributed by atoms with Crippen molar-refractivity contribution in [1.29, 1.82) is 0 Å².